The van der Waals surface area contributed by atoms with Crippen LogP contribution in [0.3, 0.4) is 0 Å². The average molecular weight is 523 g/mol. The molecule has 2 N–H and O–H groups in total. The van der Waals surface area contributed by atoms with Crippen LogP contribution in [0, 0.1) is 5.92 Å². The maximum absolute atomic E-state index is 13.7. The molecule has 1 aromatic heterocycles. The first-order valence-electron chi connectivity index (χ1n) is 12.8. The van der Waals surface area contributed by atoms with Gasteiger partial charge in [-0.3, -0.25) is 9.59 Å². The zero-order chi connectivity index (χ0) is 25.5. The molecule has 1 unspecified atom stereocenters. The Balaban J connectivity index is 1.42. The molecular weight excluding hydrogens is 488 g/mol. The third-order valence-electron chi connectivity index (χ3n) is 7.62. The van der Waals surface area contributed by atoms with Crippen LogP contribution in [0.4, 0.5) is 5.13 Å². The van der Waals surface area contributed by atoms with Gasteiger partial charge in [0, 0.05) is 11.3 Å². The highest BCUT2D eigenvalue weighted by Gasteiger charge is 2.52. The predicted octanol–water partition coefficient (Wildman–Crippen LogP) is 6.71. The number of cyclic esters (lactones) is 1. The van der Waals surface area contributed by atoms with Crippen LogP contribution in [0.5, 0.6) is 0 Å². The number of hydrogen-bond donors (Lipinski definition) is 1. The van der Waals surface area contributed by atoms with Gasteiger partial charge < -0.3 is 10.5 Å². The van der Waals surface area contributed by atoms with Gasteiger partial charge in [0.2, 0.25) is 0 Å². The fraction of sp³-hybridized carbons (Fsp3) is 0.483. The van der Waals surface area contributed by atoms with Crippen molar-refractivity contribution in [1.29, 1.82) is 0 Å². The number of Topliss-reactive ketones (excluding diaryl/α,β-unsaturated/α-hetero) is 1. The van der Waals surface area contributed by atoms with E-state index in [2.05, 4.69) is 37.9 Å². The summed E-state index contributed by atoms with van der Waals surface area (Å²) >= 11 is 2.75. The number of nitrogens with zero attached hydrogens (tertiary/aromatic N) is 1. The number of rotatable bonds is 6. The van der Waals surface area contributed by atoms with Crippen molar-refractivity contribution >= 4 is 50.2 Å². The molecule has 0 bridgehead atoms. The summed E-state index contributed by atoms with van der Waals surface area (Å²) < 4.78 is 7.30. The largest absolute Gasteiger partial charge is 0.457 e. The van der Waals surface area contributed by atoms with Crippen LogP contribution in [0.15, 0.2) is 47.4 Å². The van der Waals surface area contributed by atoms with E-state index in [-0.39, 0.29) is 23.1 Å². The number of benzene rings is 2. The van der Waals surface area contributed by atoms with E-state index in [9.17, 15) is 9.59 Å². The molecule has 2 heterocycles. The second-order valence-corrected chi connectivity index (χ2v) is 13.4. The van der Waals surface area contributed by atoms with Gasteiger partial charge in [-0.1, -0.05) is 75.3 Å². The minimum Gasteiger partial charge on any atom is -0.457 e. The Morgan fingerprint density at radius 2 is 1.86 bits per heavy atom. The number of nitrogens with two attached hydrogens (primary N) is 1. The molecule has 3 aromatic rings. The standard InChI is InChI=1S/C29H34N2O3S2/c1-28(2,3)20-15-21-24(36-27(30)31-21)16-23(20)35-25-22(32)17-29(34-26(25)33,19-11-7-8-12-19)14-13-18-9-5-4-6-10-18/h4-6,9-10,15-16,19,25H,7-8,11-14,17H2,1-3H3,(H2,30,31)/t25?,29-/m0/s1. The second kappa shape index (κ2) is 9.82. The number of carbonyl (C=O) groups excluding carboxylic acids is 2. The number of aryl methyl sites for hydroxylation is 1. The first-order chi connectivity index (χ1) is 17.1. The summed E-state index contributed by atoms with van der Waals surface area (Å²) in [6, 6.07) is 14.3. The highest BCUT2D eigenvalue weighted by molar-refractivity contribution is 8.01. The van der Waals surface area contributed by atoms with Gasteiger partial charge >= 0.3 is 5.97 Å². The Kier molecular flexibility index (Phi) is 6.90. The van der Waals surface area contributed by atoms with Gasteiger partial charge in [0.15, 0.2) is 16.2 Å². The maximum atomic E-state index is 13.7. The van der Waals surface area contributed by atoms with Crippen molar-refractivity contribution in [2.45, 2.75) is 86.9 Å². The summed E-state index contributed by atoms with van der Waals surface area (Å²) in [5, 5.41) is -0.333. The number of hydrogen-bond acceptors (Lipinski definition) is 7. The number of nitrogen functional groups attached to an aromatic ring is 1. The van der Waals surface area contributed by atoms with Gasteiger partial charge in [0.05, 0.1) is 10.2 Å². The molecule has 190 valence electrons. The van der Waals surface area contributed by atoms with Gasteiger partial charge in [0.1, 0.15) is 5.60 Å². The minimum absolute atomic E-state index is 0.0139. The number of carbonyl (C=O) groups is 2. The summed E-state index contributed by atoms with van der Waals surface area (Å²) in [6.07, 6.45) is 6.09. The lowest BCUT2D eigenvalue weighted by Gasteiger charge is -2.43. The zero-order valence-corrected chi connectivity index (χ0v) is 22.8. The number of fused-ring (bicyclic) bond motifs is 1. The monoisotopic (exact) mass is 522 g/mol. The third kappa shape index (κ3) is 5.05. The third-order valence-corrected chi connectivity index (χ3v) is 9.75. The van der Waals surface area contributed by atoms with Crippen LogP contribution in [0.25, 0.3) is 10.2 Å². The Morgan fingerprint density at radius 3 is 2.53 bits per heavy atom. The quantitative estimate of drug-likeness (QED) is 0.286. The molecule has 2 atom stereocenters. The Morgan fingerprint density at radius 1 is 1.14 bits per heavy atom. The summed E-state index contributed by atoms with van der Waals surface area (Å²) in [6.45, 7) is 6.39. The van der Waals surface area contributed by atoms with Crippen LogP contribution < -0.4 is 5.73 Å². The normalized spacial score (nSPS) is 23.4. The van der Waals surface area contributed by atoms with E-state index in [0.717, 1.165) is 52.8 Å². The van der Waals surface area contributed by atoms with E-state index >= 15 is 0 Å². The summed E-state index contributed by atoms with van der Waals surface area (Å²) in [7, 11) is 0. The molecule has 0 amide bonds. The van der Waals surface area contributed by atoms with Crippen molar-refractivity contribution in [2.75, 3.05) is 5.73 Å². The van der Waals surface area contributed by atoms with Gasteiger partial charge in [0.25, 0.3) is 0 Å². The molecule has 2 fully saturated rings. The van der Waals surface area contributed by atoms with Crippen LogP contribution >= 0.6 is 23.1 Å². The molecule has 1 aliphatic heterocycles. The van der Waals surface area contributed by atoms with Gasteiger partial charge in [-0.15, -0.1) is 11.8 Å². The minimum atomic E-state index is -0.847. The summed E-state index contributed by atoms with van der Waals surface area (Å²) in [4.78, 5) is 32.6. The molecule has 1 aliphatic carbocycles. The number of anilines is 1. The van der Waals surface area contributed by atoms with Crippen LogP contribution in [0.2, 0.25) is 0 Å². The molecule has 2 aromatic carbocycles. The first kappa shape index (κ1) is 25.3. The zero-order valence-electron chi connectivity index (χ0n) is 21.2. The molecule has 2 aliphatic rings. The molecular formula is C29H34N2O3S2. The molecule has 5 nitrogen and oxygen atoms in total. The molecule has 0 radical (unpaired) electrons. The van der Waals surface area contributed by atoms with Crippen LogP contribution in [-0.2, 0) is 26.2 Å². The van der Waals surface area contributed by atoms with Crippen LogP contribution in [0.1, 0.15) is 70.4 Å². The van der Waals surface area contributed by atoms with Crippen molar-refractivity contribution in [3.8, 4) is 0 Å². The first-order valence-corrected chi connectivity index (χ1v) is 14.5. The number of thiazole rings is 1. The molecule has 0 spiro atoms. The number of esters is 1. The lowest BCUT2D eigenvalue weighted by atomic mass is 9.76. The molecule has 1 saturated carbocycles. The van der Waals surface area contributed by atoms with E-state index in [1.807, 2.05) is 30.3 Å². The number of aromatic nitrogens is 1. The molecule has 36 heavy (non-hydrogen) atoms. The van der Waals surface area contributed by atoms with Crippen molar-refractivity contribution in [1.82, 2.24) is 4.98 Å². The summed E-state index contributed by atoms with van der Waals surface area (Å²) in [5.41, 5.74) is 8.21. The Hall–Kier alpha value is -2.38. The van der Waals surface area contributed by atoms with E-state index < -0.39 is 10.9 Å². The smallest absolute Gasteiger partial charge is 0.327 e. The lowest BCUT2D eigenvalue weighted by Crippen LogP contribution is -2.53. The van der Waals surface area contributed by atoms with E-state index in [1.165, 1.54) is 28.7 Å². The fourth-order valence-electron chi connectivity index (χ4n) is 5.73. The Bertz CT molecular complexity index is 1250. The number of ether oxygens (including phenoxy) is 1. The predicted molar refractivity (Wildman–Crippen MR) is 148 cm³/mol. The fourth-order valence-corrected chi connectivity index (χ4v) is 7.85. The van der Waals surface area contributed by atoms with Crippen molar-refractivity contribution in [2.24, 2.45) is 5.92 Å². The topological polar surface area (TPSA) is 82.3 Å². The Labute approximate surface area is 221 Å². The second-order valence-electron chi connectivity index (χ2n) is 11.2. The molecule has 5 rings (SSSR count). The summed E-state index contributed by atoms with van der Waals surface area (Å²) in [5.74, 6) is -0.151. The van der Waals surface area contributed by atoms with E-state index in [4.69, 9.17) is 10.5 Å². The molecule has 7 heteroatoms. The number of ketones is 1. The van der Waals surface area contributed by atoms with Crippen LogP contribution in [-0.4, -0.2) is 27.6 Å². The maximum Gasteiger partial charge on any atom is 0.327 e. The SMILES string of the molecule is CC(C)(C)c1cc2nc(N)sc2cc1SC1C(=O)C[C@@](CCc2ccccc2)(C2CCCC2)OC1=O. The van der Waals surface area contributed by atoms with Gasteiger partial charge in [-0.25, -0.2) is 4.98 Å². The number of thioether (sulfide) groups is 1. The van der Waals surface area contributed by atoms with Crippen molar-refractivity contribution in [3.63, 3.8) is 0 Å². The van der Waals surface area contributed by atoms with Crippen molar-refractivity contribution < 1.29 is 14.3 Å². The average Bonchev–Trinajstić information content (AvgIpc) is 3.49. The van der Waals surface area contributed by atoms with Gasteiger partial charge in [-0.2, -0.15) is 0 Å². The van der Waals surface area contributed by atoms with E-state index in [0.29, 0.717) is 18.0 Å². The van der Waals surface area contributed by atoms with Gasteiger partial charge in [-0.05, 0) is 60.3 Å². The highest BCUT2D eigenvalue weighted by atomic mass is 32.2. The van der Waals surface area contributed by atoms with E-state index in [1.54, 1.807) is 0 Å². The highest BCUT2D eigenvalue weighted by Crippen LogP contribution is 2.47. The molecule has 1 saturated heterocycles. The van der Waals surface area contributed by atoms with Crippen molar-refractivity contribution in [3.05, 3.63) is 53.6 Å². The lowest BCUT2D eigenvalue weighted by molar-refractivity contribution is -0.177.